The molecule has 168 valence electrons. The predicted octanol–water partition coefficient (Wildman–Crippen LogP) is 5.94. The van der Waals surface area contributed by atoms with Gasteiger partial charge in [0.2, 0.25) is 5.89 Å². The maximum Gasteiger partial charge on any atom is 0.312 e. The standard InChI is InChI=1S/C27H31NO4/c1-20-24(28-25(32-20)22-9-4-3-5-10-22)11-8-18-31-23-14-12-21(13-15-23)19-27(26(29)30-2)16-6-7-17-27/h3-5,9-10,12-15H,6-8,11,16-19H2,1-2H3. The number of oxazole rings is 1. The highest BCUT2D eigenvalue weighted by Crippen LogP contribution is 2.42. The number of nitrogens with zero attached hydrogens (tertiary/aromatic N) is 1. The summed E-state index contributed by atoms with van der Waals surface area (Å²) in [7, 11) is 1.49. The smallest absolute Gasteiger partial charge is 0.312 e. The number of ether oxygens (including phenoxy) is 2. The van der Waals surface area contributed by atoms with Gasteiger partial charge < -0.3 is 13.9 Å². The first kappa shape index (κ1) is 22.1. The second-order valence-electron chi connectivity index (χ2n) is 8.64. The highest BCUT2D eigenvalue weighted by Gasteiger charge is 2.42. The van der Waals surface area contributed by atoms with Crippen molar-refractivity contribution in [3.05, 3.63) is 71.6 Å². The number of aromatic nitrogens is 1. The fourth-order valence-corrected chi connectivity index (χ4v) is 4.61. The van der Waals surface area contributed by atoms with Gasteiger partial charge in [-0.15, -0.1) is 0 Å². The first-order valence-corrected chi connectivity index (χ1v) is 11.4. The van der Waals surface area contributed by atoms with Crippen LogP contribution < -0.4 is 4.74 Å². The van der Waals surface area contributed by atoms with Crippen LogP contribution in [0.3, 0.4) is 0 Å². The molecule has 1 aliphatic rings. The molecule has 1 saturated carbocycles. The molecule has 1 fully saturated rings. The Morgan fingerprint density at radius 3 is 2.47 bits per heavy atom. The zero-order valence-electron chi connectivity index (χ0n) is 18.9. The van der Waals surface area contributed by atoms with Crippen LogP contribution in [0.15, 0.2) is 59.0 Å². The molecule has 0 radical (unpaired) electrons. The molecular weight excluding hydrogens is 402 g/mol. The summed E-state index contributed by atoms with van der Waals surface area (Å²) >= 11 is 0. The Bertz CT molecular complexity index is 1020. The maximum atomic E-state index is 12.3. The molecule has 4 rings (SSSR count). The maximum absolute atomic E-state index is 12.3. The molecule has 32 heavy (non-hydrogen) atoms. The van der Waals surface area contributed by atoms with E-state index < -0.39 is 0 Å². The van der Waals surface area contributed by atoms with Crippen molar-refractivity contribution in [2.45, 2.75) is 51.9 Å². The molecule has 1 heterocycles. The molecule has 0 aliphatic heterocycles. The number of hydrogen-bond donors (Lipinski definition) is 0. The Balaban J connectivity index is 1.27. The largest absolute Gasteiger partial charge is 0.494 e. The fraction of sp³-hybridized carbons (Fsp3) is 0.407. The summed E-state index contributed by atoms with van der Waals surface area (Å²) < 4.78 is 16.9. The zero-order chi connectivity index (χ0) is 22.4. The Hall–Kier alpha value is -3.08. The number of benzene rings is 2. The van der Waals surface area contributed by atoms with Crippen molar-refractivity contribution >= 4 is 5.97 Å². The summed E-state index contributed by atoms with van der Waals surface area (Å²) in [6.45, 7) is 2.57. The normalized spacial score (nSPS) is 14.9. The number of methoxy groups -OCH3 is 1. The lowest BCUT2D eigenvalue weighted by molar-refractivity contribution is -0.152. The van der Waals surface area contributed by atoms with Gasteiger partial charge in [0.1, 0.15) is 11.5 Å². The number of aryl methyl sites for hydroxylation is 2. The Morgan fingerprint density at radius 1 is 1.06 bits per heavy atom. The van der Waals surface area contributed by atoms with E-state index in [-0.39, 0.29) is 11.4 Å². The Kier molecular flexibility index (Phi) is 6.93. The highest BCUT2D eigenvalue weighted by molar-refractivity contribution is 5.77. The van der Waals surface area contributed by atoms with Crippen LogP contribution in [0.2, 0.25) is 0 Å². The van der Waals surface area contributed by atoms with E-state index in [9.17, 15) is 4.79 Å². The van der Waals surface area contributed by atoms with Gasteiger partial charge in [0.05, 0.1) is 24.8 Å². The van der Waals surface area contributed by atoms with Crippen LogP contribution in [0.1, 0.15) is 49.1 Å². The molecule has 0 bridgehead atoms. The third-order valence-corrected chi connectivity index (χ3v) is 6.38. The van der Waals surface area contributed by atoms with E-state index in [0.717, 1.165) is 73.3 Å². The van der Waals surface area contributed by atoms with E-state index >= 15 is 0 Å². The highest BCUT2D eigenvalue weighted by atomic mass is 16.5. The molecule has 1 aromatic heterocycles. The van der Waals surface area contributed by atoms with E-state index in [4.69, 9.17) is 13.9 Å². The van der Waals surface area contributed by atoms with Crippen LogP contribution in [0.25, 0.3) is 11.5 Å². The molecule has 0 atom stereocenters. The van der Waals surface area contributed by atoms with Crippen LogP contribution in [0.5, 0.6) is 5.75 Å². The molecule has 0 N–H and O–H groups in total. The topological polar surface area (TPSA) is 61.6 Å². The second-order valence-corrected chi connectivity index (χ2v) is 8.64. The van der Waals surface area contributed by atoms with Gasteiger partial charge >= 0.3 is 5.97 Å². The average Bonchev–Trinajstić information content (AvgIpc) is 3.45. The summed E-state index contributed by atoms with van der Waals surface area (Å²) in [6.07, 6.45) is 6.39. The van der Waals surface area contributed by atoms with Gasteiger partial charge in [-0.1, -0.05) is 43.2 Å². The molecule has 5 heteroatoms. The van der Waals surface area contributed by atoms with Gasteiger partial charge in [0, 0.05) is 5.56 Å². The minimum absolute atomic E-state index is 0.0751. The molecule has 3 aromatic rings. The van der Waals surface area contributed by atoms with Gasteiger partial charge in [0.15, 0.2) is 0 Å². The van der Waals surface area contributed by atoms with E-state index in [1.807, 2.05) is 49.4 Å². The van der Waals surface area contributed by atoms with E-state index in [1.54, 1.807) is 0 Å². The summed E-state index contributed by atoms with van der Waals surface area (Å²) in [6, 6.07) is 18.1. The zero-order valence-corrected chi connectivity index (χ0v) is 18.9. The van der Waals surface area contributed by atoms with Gasteiger partial charge in [-0.05, 0) is 68.9 Å². The Labute approximate surface area is 189 Å². The summed E-state index contributed by atoms with van der Waals surface area (Å²) in [4.78, 5) is 17.0. The van der Waals surface area contributed by atoms with Crippen molar-refractivity contribution in [3.8, 4) is 17.2 Å². The predicted molar refractivity (Wildman–Crippen MR) is 124 cm³/mol. The summed E-state index contributed by atoms with van der Waals surface area (Å²) in [5.74, 6) is 2.30. The lowest BCUT2D eigenvalue weighted by Crippen LogP contribution is -2.31. The van der Waals surface area contributed by atoms with Crippen molar-refractivity contribution in [2.75, 3.05) is 13.7 Å². The van der Waals surface area contributed by atoms with Gasteiger partial charge in [0.25, 0.3) is 0 Å². The van der Waals surface area contributed by atoms with E-state index in [0.29, 0.717) is 12.5 Å². The molecule has 0 unspecified atom stereocenters. The molecule has 5 nitrogen and oxygen atoms in total. The average molecular weight is 434 g/mol. The molecule has 2 aromatic carbocycles. The van der Waals surface area contributed by atoms with Crippen molar-refractivity contribution in [2.24, 2.45) is 5.41 Å². The Morgan fingerprint density at radius 2 is 1.78 bits per heavy atom. The SMILES string of the molecule is COC(=O)C1(Cc2ccc(OCCCc3nc(-c4ccccc4)oc3C)cc2)CCCC1. The first-order valence-electron chi connectivity index (χ1n) is 11.4. The number of carbonyl (C=O) groups excluding carboxylic acids is 1. The number of esters is 1. The number of hydrogen-bond acceptors (Lipinski definition) is 5. The molecule has 1 aliphatic carbocycles. The second kappa shape index (κ2) is 10.0. The van der Waals surface area contributed by atoms with Crippen LogP contribution in [-0.4, -0.2) is 24.7 Å². The van der Waals surface area contributed by atoms with Gasteiger partial charge in [-0.25, -0.2) is 4.98 Å². The minimum Gasteiger partial charge on any atom is -0.494 e. The molecular formula is C27H31NO4. The van der Waals surface area contributed by atoms with Crippen molar-refractivity contribution in [1.29, 1.82) is 0 Å². The lowest BCUT2D eigenvalue weighted by Gasteiger charge is -2.25. The summed E-state index contributed by atoms with van der Waals surface area (Å²) in [5, 5.41) is 0. The molecule has 0 saturated heterocycles. The third kappa shape index (κ3) is 5.04. The fourth-order valence-electron chi connectivity index (χ4n) is 4.61. The van der Waals surface area contributed by atoms with Crippen molar-refractivity contribution < 1.29 is 18.7 Å². The first-order chi connectivity index (χ1) is 15.6. The van der Waals surface area contributed by atoms with Crippen molar-refractivity contribution in [3.63, 3.8) is 0 Å². The van der Waals surface area contributed by atoms with Crippen LogP contribution in [-0.2, 0) is 22.4 Å². The molecule has 0 amide bonds. The third-order valence-electron chi connectivity index (χ3n) is 6.38. The molecule has 0 spiro atoms. The quantitative estimate of drug-likeness (QED) is 0.309. The van der Waals surface area contributed by atoms with Crippen molar-refractivity contribution in [1.82, 2.24) is 4.98 Å². The van der Waals surface area contributed by atoms with Gasteiger partial charge in [-0.3, -0.25) is 4.79 Å². The number of rotatable bonds is 9. The lowest BCUT2D eigenvalue weighted by atomic mass is 9.80. The van der Waals surface area contributed by atoms with Gasteiger partial charge in [-0.2, -0.15) is 0 Å². The van der Waals surface area contributed by atoms with E-state index in [2.05, 4.69) is 17.1 Å². The monoisotopic (exact) mass is 433 g/mol. The minimum atomic E-state index is -0.356. The van der Waals surface area contributed by atoms with E-state index in [1.165, 1.54) is 7.11 Å². The van der Waals surface area contributed by atoms with Crippen LogP contribution >= 0.6 is 0 Å². The summed E-state index contributed by atoms with van der Waals surface area (Å²) in [5.41, 5.74) is 2.76. The van der Waals surface area contributed by atoms with Crippen LogP contribution in [0.4, 0.5) is 0 Å². The number of carbonyl (C=O) groups is 1. The van der Waals surface area contributed by atoms with Crippen LogP contribution in [0, 0.1) is 12.3 Å².